The number of nitrogens with one attached hydrogen (secondary N) is 1. The van der Waals surface area contributed by atoms with E-state index in [4.69, 9.17) is 13.9 Å². The van der Waals surface area contributed by atoms with Crippen molar-refractivity contribution in [2.24, 2.45) is 0 Å². The van der Waals surface area contributed by atoms with Gasteiger partial charge in [-0.2, -0.15) is 0 Å². The van der Waals surface area contributed by atoms with E-state index in [-0.39, 0.29) is 11.9 Å². The Balaban J connectivity index is 1.60. The summed E-state index contributed by atoms with van der Waals surface area (Å²) in [5.74, 6) is 2.16. The van der Waals surface area contributed by atoms with Crippen molar-refractivity contribution in [1.82, 2.24) is 5.32 Å². The molecule has 0 radical (unpaired) electrons. The zero-order chi connectivity index (χ0) is 18.5. The highest BCUT2D eigenvalue weighted by Gasteiger charge is 2.14. The fraction of sp³-hybridized carbons (Fsp3) is 0.286. The summed E-state index contributed by atoms with van der Waals surface area (Å²) >= 11 is 0. The van der Waals surface area contributed by atoms with Gasteiger partial charge in [0.15, 0.2) is 0 Å². The van der Waals surface area contributed by atoms with E-state index >= 15 is 0 Å². The van der Waals surface area contributed by atoms with Crippen molar-refractivity contribution in [1.29, 1.82) is 0 Å². The van der Waals surface area contributed by atoms with E-state index in [1.165, 1.54) is 0 Å². The molecule has 5 heteroatoms. The summed E-state index contributed by atoms with van der Waals surface area (Å²) in [6.45, 7) is 1.92. The summed E-state index contributed by atoms with van der Waals surface area (Å²) < 4.78 is 16.3. The average molecular weight is 353 g/mol. The number of ether oxygens (including phenoxy) is 2. The predicted molar refractivity (Wildman–Crippen MR) is 101 cm³/mol. The van der Waals surface area contributed by atoms with Crippen LogP contribution in [0.5, 0.6) is 11.5 Å². The number of methoxy groups -OCH3 is 2. The third-order valence-corrected chi connectivity index (χ3v) is 4.30. The van der Waals surface area contributed by atoms with Gasteiger partial charge in [-0.25, -0.2) is 0 Å². The summed E-state index contributed by atoms with van der Waals surface area (Å²) in [7, 11) is 3.22. The molecule has 3 rings (SSSR count). The first-order valence-corrected chi connectivity index (χ1v) is 8.59. The van der Waals surface area contributed by atoms with Gasteiger partial charge in [0.2, 0.25) is 5.91 Å². The first-order chi connectivity index (χ1) is 12.6. The van der Waals surface area contributed by atoms with E-state index in [1.807, 2.05) is 55.5 Å². The van der Waals surface area contributed by atoms with Crippen LogP contribution in [0.3, 0.4) is 0 Å². The molecule has 26 heavy (non-hydrogen) atoms. The van der Waals surface area contributed by atoms with Gasteiger partial charge in [-0.15, -0.1) is 0 Å². The van der Waals surface area contributed by atoms with Crippen LogP contribution in [0, 0.1) is 0 Å². The molecule has 1 atom stereocenters. The largest absolute Gasteiger partial charge is 0.497 e. The number of para-hydroxylation sites is 1. The van der Waals surface area contributed by atoms with Crippen LogP contribution in [0.1, 0.15) is 30.7 Å². The first-order valence-electron chi connectivity index (χ1n) is 8.59. The number of amides is 1. The van der Waals surface area contributed by atoms with Crippen LogP contribution in [0.4, 0.5) is 0 Å². The van der Waals surface area contributed by atoms with Crippen LogP contribution < -0.4 is 14.8 Å². The lowest BCUT2D eigenvalue weighted by atomic mass is 10.1. The SMILES string of the molecule is COc1cc(CCC(=O)N[C@@H](C)c2cc3ccccc3o2)cc(OC)c1. The van der Waals surface area contributed by atoms with Crippen molar-refractivity contribution in [3.05, 3.63) is 59.9 Å². The Morgan fingerprint density at radius 3 is 2.42 bits per heavy atom. The van der Waals surface area contributed by atoms with Crippen LogP contribution in [0.25, 0.3) is 11.0 Å². The number of carbonyl (C=O) groups excluding carboxylic acids is 1. The molecule has 136 valence electrons. The van der Waals surface area contributed by atoms with E-state index in [9.17, 15) is 4.79 Å². The molecule has 0 unspecified atom stereocenters. The van der Waals surface area contributed by atoms with E-state index in [2.05, 4.69) is 5.32 Å². The van der Waals surface area contributed by atoms with Crippen molar-refractivity contribution < 1.29 is 18.7 Å². The predicted octanol–water partition coefficient (Wildman–Crippen LogP) is 4.26. The highest BCUT2D eigenvalue weighted by atomic mass is 16.5. The number of hydrogen-bond acceptors (Lipinski definition) is 4. The van der Waals surface area contributed by atoms with Gasteiger partial charge in [-0.3, -0.25) is 4.79 Å². The maximum atomic E-state index is 12.3. The fourth-order valence-corrected chi connectivity index (χ4v) is 2.87. The Morgan fingerprint density at radius 2 is 1.77 bits per heavy atom. The highest BCUT2D eigenvalue weighted by molar-refractivity contribution is 5.79. The first kappa shape index (κ1) is 17.9. The topological polar surface area (TPSA) is 60.7 Å². The van der Waals surface area contributed by atoms with Crippen molar-refractivity contribution in [3.8, 4) is 11.5 Å². The Labute approximate surface area is 152 Å². The second-order valence-electron chi connectivity index (χ2n) is 6.20. The summed E-state index contributed by atoms with van der Waals surface area (Å²) in [5, 5.41) is 4.02. The van der Waals surface area contributed by atoms with Gasteiger partial charge in [0, 0.05) is 17.9 Å². The molecule has 2 aromatic carbocycles. The van der Waals surface area contributed by atoms with E-state index in [1.54, 1.807) is 14.2 Å². The van der Waals surface area contributed by atoms with Crippen LogP contribution in [0.2, 0.25) is 0 Å². The van der Waals surface area contributed by atoms with Gasteiger partial charge in [-0.05, 0) is 43.2 Å². The molecule has 0 bridgehead atoms. The van der Waals surface area contributed by atoms with Crippen molar-refractivity contribution in [2.75, 3.05) is 14.2 Å². The molecule has 0 aliphatic rings. The lowest BCUT2D eigenvalue weighted by Gasteiger charge is -2.12. The lowest BCUT2D eigenvalue weighted by Crippen LogP contribution is -2.26. The van der Waals surface area contributed by atoms with Gasteiger partial charge < -0.3 is 19.2 Å². The van der Waals surface area contributed by atoms with Crippen molar-refractivity contribution >= 4 is 16.9 Å². The maximum Gasteiger partial charge on any atom is 0.220 e. The molecule has 1 heterocycles. The summed E-state index contributed by atoms with van der Waals surface area (Å²) in [5.41, 5.74) is 1.82. The molecule has 1 N–H and O–H groups in total. The molecule has 0 aliphatic heterocycles. The third-order valence-electron chi connectivity index (χ3n) is 4.30. The van der Waals surface area contributed by atoms with Crippen LogP contribution >= 0.6 is 0 Å². The fourth-order valence-electron chi connectivity index (χ4n) is 2.87. The van der Waals surface area contributed by atoms with Gasteiger partial charge in [-0.1, -0.05) is 18.2 Å². The maximum absolute atomic E-state index is 12.3. The van der Waals surface area contributed by atoms with Crippen molar-refractivity contribution in [2.45, 2.75) is 25.8 Å². The number of benzene rings is 2. The monoisotopic (exact) mass is 353 g/mol. The number of fused-ring (bicyclic) bond motifs is 1. The van der Waals surface area contributed by atoms with E-state index in [0.717, 1.165) is 33.8 Å². The normalized spacial score (nSPS) is 12.0. The Bertz CT molecular complexity index is 845. The van der Waals surface area contributed by atoms with Gasteiger partial charge in [0.05, 0.1) is 20.3 Å². The molecule has 3 aromatic rings. The van der Waals surface area contributed by atoms with Crippen LogP contribution in [-0.4, -0.2) is 20.1 Å². The number of furan rings is 1. The van der Waals surface area contributed by atoms with E-state index in [0.29, 0.717) is 12.8 Å². The molecule has 0 saturated heterocycles. The zero-order valence-electron chi connectivity index (χ0n) is 15.2. The summed E-state index contributed by atoms with van der Waals surface area (Å²) in [6, 6.07) is 15.2. The second-order valence-corrected chi connectivity index (χ2v) is 6.20. The van der Waals surface area contributed by atoms with E-state index < -0.39 is 0 Å². The number of rotatable bonds is 7. The Kier molecular flexibility index (Phi) is 5.46. The number of carbonyl (C=O) groups is 1. The summed E-state index contributed by atoms with van der Waals surface area (Å²) in [4.78, 5) is 12.3. The number of hydrogen-bond donors (Lipinski definition) is 1. The molecular formula is C21H23NO4. The molecule has 1 aromatic heterocycles. The molecule has 1 amide bonds. The summed E-state index contributed by atoms with van der Waals surface area (Å²) in [6.07, 6.45) is 0.979. The van der Waals surface area contributed by atoms with Gasteiger partial charge in [0.1, 0.15) is 22.8 Å². The highest BCUT2D eigenvalue weighted by Crippen LogP contribution is 2.25. The van der Waals surface area contributed by atoms with Crippen molar-refractivity contribution in [3.63, 3.8) is 0 Å². The smallest absolute Gasteiger partial charge is 0.220 e. The minimum Gasteiger partial charge on any atom is -0.497 e. The standard InChI is InChI=1S/C21H23NO4/c1-14(20-12-16-6-4-5-7-19(16)26-20)22-21(23)9-8-15-10-17(24-2)13-18(11-15)25-3/h4-7,10-14H,8-9H2,1-3H3,(H,22,23)/t14-/m0/s1. The molecular weight excluding hydrogens is 330 g/mol. The Morgan fingerprint density at radius 1 is 1.08 bits per heavy atom. The second kappa shape index (κ2) is 7.95. The molecule has 0 aliphatic carbocycles. The average Bonchev–Trinajstić information content (AvgIpc) is 3.10. The van der Waals surface area contributed by atoms with Crippen LogP contribution in [-0.2, 0) is 11.2 Å². The quantitative estimate of drug-likeness (QED) is 0.689. The third kappa shape index (κ3) is 4.17. The van der Waals surface area contributed by atoms with Gasteiger partial charge in [0.25, 0.3) is 0 Å². The zero-order valence-corrected chi connectivity index (χ0v) is 15.2. The molecule has 5 nitrogen and oxygen atoms in total. The molecule has 0 spiro atoms. The Hall–Kier alpha value is -2.95. The molecule has 0 fully saturated rings. The number of aryl methyl sites for hydroxylation is 1. The lowest BCUT2D eigenvalue weighted by molar-refractivity contribution is -0.121. The van der Waals surface area contributed by atoms with Gasteiger partial charge >= 0.3 is 0 Å². The minimum absolute atomic E-state index is 0.0280. The minimum atomic E-state index is -0.185. The van der Waals surface area contributed by atoms with Crippen LogP contribution in [0.15, 0.2) is 52.9 Å². The molecule has 0 saturated carbocycles.